The summed E-state index contributed by atoms with van der Waals surface area (Å²) in [6.07, 6.45) is 1.22. The molecule has 2 aliphatic heterocycles. The van der Waals surface area contributed by atoms with Crippen LogP contribution >= 0.6 is 0 Å². The highest BCUT2D eigenvalue weighted by Crippen LogP contribution is 2.19. The maximum Gasteiger partial charge on any atom is 0.224 e. The molecule has 2 N–H and O–H groups in total. The van der Waals surface area contributed by atoms with Crippen LogP contribution in [-0.4, -0.2) is 49.6 Å². The van der Waals surface area contributed by atoms with E-state index < -0.39 is 0 Å². The van der Waals surface area contributed by atoms with E-state index in [1.54, 1.807) is 0 Å². The second-order valence-corrected chi connectivity index (χ2v) is 6.23. The Labute approximate surface area is 110 Å². The monoisotopic (exact) mass is 253 g/mol. The van der Waals surface area contributed by atoms with Crippen LogP contribution in [0, 0.1) is 17.8 Å². The largest absolute Gasteiger partial charge is 0.355 e. The molecule has 104 valence electrons. The molecule has 2 saturated heterocycles. The zero-order valence-corrected chi connectivity index (χ0v) is 11.9. The van der Waals surface area contributed by atoms with Gasteiger partial charge in [0.05, 0.1) is 5.92 Å². The van der Waals surface area contributed by atoms with Crippen molar-refractivity contribution in [3.8, 4) is 0 Å². The van der Waals surface area contributed by atoms with Gasteiger partial charge in [0.15, 0.2) is 0 Å². The molecule has 4 nitrogen and oxygen atoms in total. The Hall–Kier alpha value is -0.610. The van der Waals surface area contributed by atoms with Crippen molar-refractivity contribution >= 4 is 5.91 Å². The van der Waals surface area contributed by atoms with Crippen molar-refractivity contribution in [3.05, 3.63) is 0 Å². The first-order valence-corrected chi connectivity index (χ1v) is 7.30. The van der Waals surface area contributed by atoms with E-state index in [4.69, 9.17) is 0 Å². The van der Waals surface area contributed by atoms with Crippen molar-refractivity contribution < 1.29 is 4.79 Å². The summed E-state index contributed by atoms with van der Waals surface area (Å²) in [5, 5.41) is 6.43. The molecule has 0 bridgehead atoms. The Morgan fingerprint density at radius 1 is 1.44 bits per heavy atom. The summed E-state index contributed by atoms with van der Waals surface area (Å²) in [5.41, 5.74) is 0. The maximum absolute atomic E-state index is 12.1. The van der Waals surface area contributed by atoms with Crippen molar-refractivity contribution in [2.24, 2.45) is 17.8 Å². The lowest BCUT2D eigenvalue weighted by atomic mass is 9.97. The van der Waals surface area contributed by atoms with Gasteiger partial charge in [0, 0.05) is 25.7 Å². The number of carbonyl (C=O) groups is 1. The summed E-state index contributed by atoms with van der Waals surface area (Å²) >= 11 is 0. The molecule has 0 aromatic rings. The fourth-order valence-electron chi connectivity index (χ4n) is 3.04. The van der Waals surface area contributed by atoms with Crippen LogP contribution in [0.5, 0.6) is 0 Å². The van der Waals surface area contributed by atoms with E-state index in [1.807, 2.05) is 0 Å². The number of hydrogen-bond acceptors (Lipinski definition) is 3. The zero-order chi connectivity index (χ0) is 13.1. The zero-order valence-electron chi connectivity index (χ0n) is 11.9. The van der Waals surface area contributed by atoms with Gasteiger partial charge in [0.25, 0.3) is 0 Å². The maximum atomic E-state index is 12.1. The second kappa shape index (κ2) is 6.02. The van der Waals surface area contributed by atoms with E-state index >= 15 is 0 Å². The smallest absolute Gasteiger partial charge is 0.224 e. The van der Waals surface area contributed by atoms with Crippen LogP contribution in [0.25, 0.3) is 0 Å². The molecular weight excluding hydrogens is 226 g/mol. The van der Waals surface area contributed by atoms with Crippen LogP contribution in [0.2, 0.25) is 0 Å². The van der Waals surface area contributed by atoms with E-state index in [-0.39, 0.29) is 11.8 Å². The minimum Gasteiger partial charge on any atom is -0.355 e. The summed E-state index contributed by atoms with van der Waals surface area (Å²) in [7, 11) is 0. The first kappa shape index (κ1) is 13.8. The van der Waals surface area contributed by atoms with Gasteiger partial charge in [-0.2, -0.15) is 0 Å². The molecule has 4 heteroatoms. The molecule has 2 aliphatic rings. The van der Waals surface area contributed by atoms with Gasteiger partial charge >= 0.3 is 0 Å². The van der Waals surface area contributed by atoms with Gasteiger partial charge < -0.3 is 15.5 Å². The lowest BCUT2D eigenvalue weighted by Crippen LogP contribution is -2.38. The van der Waals surface area contributed by atoms with Crippen molar-refractivity contribution in [1.82, 2.24) is 15.5 Å². The third kappa shape index (κ3) is 3.23. The second-order valence-electron chi connectivity index (χ2n) is 6.23. The average Bonchev–Trinajstić information content (AvgIpc) is 2.94. The first-order valence-electron chi connectivity index (χ1n) is 7.30. The Kier molecular flexibility index (Phi) is 4.62. The summed E-state index contributed by atoms with van der Waals surface area (Å²) < 4.78 is 0. The highest BCUT2D eigenvalue weighted by Gasteiger charge is 2.30. The third-order valence-electron chi connectivity index (χ3n) is 4.47. The summed E-state index contributed by atoms with van der Waals surface area (Å²) in [4.78, 5) is 14.6. The fraction of sp³-hybridized carbons (Fsp3) is 0.929. The number of amides is 1. The molecule has 0 radical (unpaired) electrons. The van der Waals surface area contributed by atoms with Gasteiger partial charge in [-0.3, -0.25) is 4.79 Å². The minimum atomic E-state index is 0.174. The van der Waals surface area contributed by atoms with Gasteiger partial charge in [0.2, 0.25) is 5.91 Å². The highest BCUT2D eigenvalue weighted by atomic mass is 16.1. The molecule has 2 fully saturated rings. The predicted molar refractivity (Wildman–Crippen MR) is 73.3 cm³/mol. The van der Waals surface area contributed by atoms with Gasteiger partial charge in [0.1, 0.15) is 0 Å². The normalized spacial score (nSPS) is 33.2. The van der Waals surface area contributed by atoms with Gasteiger partial charge in [-0.05, 0) is 45.2 Å². The van der Waals surface area contributed by atoms with E-state index in [2.05, 4.69) is 36.3 Å². The summed E-state index contributed by atoms with van der Waals surface area (Å²) in [6, 6.07) is 0.629. The van der Waals surface area contributed by atoms with E-state index in [1.165, 1.54) is 13.0 Å². The van der Waals surface area contributed by atoms with Crippen LogP contribution in [0.3, 0.4) is 0 Å². The SMILES string of the molecule is CC(C)N1CCC(CNC(=O)[C@@H]2CNC[C@H]2C)C1. The Bertz CT molecular complexity index is 293. The molecular formula is C14H27N3O. The molecule has 1 amide bonds. The van der Waals surface area contributed by atoms with Crippen LogP contribution in [-0.2, 0) is 4.79 Å². The van der Waals surface area contributed by atoms with Crippen LogP contribution in [0.15, 0.2) is 0 Å². The van der Waals surface area contributed by atoms with Crippen molar-refractivity contribution in [3.63, 3.8) is 0 Å². The van der Waals surface area contributed by atoms with Gasteiger partial charge in [-0.1, -0.05) is 6.92 Å². The Balaban J connectivity index is 1.70. The van der Waals surface area contributed by atoms with Crippen molar-refractivity contribution in [2.75, 3.05) is 32.7 Å². The quantitative estimate of drug-likeness (QED) is 0.775. The number of nitrogens with zero attached hydrogens (tertiary/aromatic N) is 1. The lowest BCUT2D eigenvalue weighted by molar-refractivity contribution is -0.125. The topological polar surface area (TPSA) is 44.4 Å². The predicted octanol–water partition coefficient (Wildman–Crippen LogP) is 0.688. The third-order valence-corrected chi connectivity index (χ3v) is 4.47. The average molecular weight is 253 g/mol. The van der Waals surface area contributed by atoms with E-state index in [9.17, 15) is 4.79 Å². The molecule has 0 aromatic carbocycles. The molecule has 0 spiro atoms. The lowest BCUT2D eigenvalue weighted by Gasteiger charge is -2.21. The molecule has 0 saturated carbocycles. The molecule has 2 rings (SSSR count). The van der Waals surface area contributed by atoms with Crippen molar-refractivity contribution in [2.45, 2.75) is 33.2 Å². The van der Waals surface area contributed by atoms with E-state index in [0.717, 1.165) is 26.2 Å². The Morgan fingerprint density at radius 3 is 2.78 bits per heavy atom. The molecule has 0 aliphatic carbocycles. The molecule has 18 heavy (non-hydrogen) atoms. The number of carbonyl (C=O) groups excluding carboxylic acids is 1. The van der Waals surface area contributed by atoms with Crippen LogP contribution < -0.4 is 10.6 Å². The standard InChI is InChI=1S/C14H27N3O/c1-10(2)17-5-4-12(9-17)7-16-14(18)13-8-15-6-11(13)3/h10-13,15H,4-9H2,1-3H3,(H,16,18)/t11-,12?,13-/m1/s1. The Morgan fingerprint density at radius 2 is 2.22 bits per heavy atom. The number of rotatable bonds is 4. The fourth-order valence-corrected chi connectivity index (χ4v) is 3.04. The molecule has 1 unspecified atom stereocenters. The highest BCUT2D eigenvalue weighted by molar-refractivity contribution is 5.79. The number of hydrogen-bond donors (Lipinski definition) is 2. The van der Waals surface area contributed by atoms with Gasteiger partial charge in [-0.15, -0.1) is 0 Å². The van der Waals surface area contributed by atoms with Crippen LogP contribution in [0.1, 0.15) is 27.2 Å². The van der Waals surface area contributed by atoms with Crippen molar-refractivity contribution in [1.29, 1.82) is 0 Å². The number of likely N-dealkylation sites (tertiary alicyclic amines) is 1. The molecule has 0 aromatic heterocycles. The van der Waals surface area contributed by atoms with Gasteiger partial charge in [-0.25, -0.2) is 0 Å². The van der Waals surface area contributed by atoms with E-state index in [0.29, 0.717) is 17.9 Å². The minimum absolute atomic E-state index is 0.174. The number of nitrogens with one attached hydrogen (secondary N) is 2. The molecule has 3 atom stereocenters. The first-order chi connectivity index (χ1) is 8.58. The summed E-state index contributed by atoms with van der Waals surface area (Å²) in [5.74, 6) is 1.53. The van der Waals surface area contributed by atoms with Crippen LogP contribution in [0.4, 0.5) is 0 Å². The summed E-state index contributed by atoms with van der Waals surface area (Å²) in [6.45, 7) is 11.6. The molecule has 2 heterocycles.